The Morgan fingerprint density at radius 2 is 1.62 bits per heavy atom. The Bertz CT molecular complexity index is 1150. The molecule has 7 nitrogen and oxygen atoms in total. The van der Waals surface area contributed by atoms with E-state index in [0.717, 1.165) is 5.69 Å². The predicted molar refractivity (Wildman–Crippen MR) is 146 cm³/mol. The van der Waals surface area contributed by atoms with E-state index >= 15 is 0 Å². The minimum absolute atomic E-state index is 0.0440. The number of thioether (sulfide) groups is 1. The van der Waals surface area contributed by atoms with Crippen molar-refractivity contribution in [3.05, 3.63) is 54.6 Å². The van der Waals surface area contributed by atoms with Crippen molar-refractivity contribution in [2.75, 3.05) is 24.6 Å². The number of hydrogen-bond donors (Lipinski definition) is 1. The standard InChI is InChI=1S/C29H37N3O4S/c1-18(2)21(17-33)32-24-27(36)30(19(3)4)15-10-14-29(24)23(26(32)35)22-25(34)31(20-11-7-6-8-12-20)16-9-13-28(22,5)37-29/h6-14,18-19,21-24,33H,15-17H2,1-5H3/t21-,22-,23-,24?,28+,29-/m0/s1. The number of benzene rings is 1. The number of nitrogens with zero attached hydrogens (tertiary/aromatic N) is 3. The Kier molecular flexibility index (Phi) is 6.55. The summed E-state index contributed by atoms with van der Waals surface area (Å²) in [6.07, 6.45) is 8.12. The zero-order valence-corrected chi connectivity index (χ0v) is 23.0. The maximum Gasteiger partial charge on any atom is 0.247 e. The highest BCUT2D eigenvalue weighted by molar-refractivity contribution is 8.02. The topological polar surface area (TPSA) is 81.2 Å². The molecule has 0 bridgehead atoms. The van der Waals surface area contributed by atoms with Gasteiger partial charge < -0.3 is 19.8 Å². The van der Waals surface area contributed by atoms with Crippen molar-refractivity contribution in [1.82, 2.24) is 9.80 Å². The molecule has 0 radical (unpaired) electrons. The molecule has 37 heavy (non-hydrogen) atoms. The highest BCUT2D eigenvalue weighted by Gasteiger charge is 2.74. The van der Waals surface area contributed by atoms with Gasteiger partial charge in [0.15, 0.2) is 0 Å². The molecule has 1 aromatic rings. The molecule has 5 rings (SSSR count). The molecule has 2 saturated heterocycles. The summed E-state index contributed by atoms with van der Waals surface area (Å²) in [5.41, 5.74) is 0.792. The van der Waals surface area contributed by atoms with Gasteiger partial charge in [0.05, 0.1) is 29.2 Å². The summed E-state index contributed by atoms with van der Waals surface area (Å²) >= 11 is 1.58. The number of fused-ring (bicyclic) bond motifs is 2. The van der Waals surface area contributed by atoms with Gasteiger partial charge in [-0.2, -0.15) is 0 Å². The van der Waals surface area contributed by atoms with E-state index in [2.05, 4.69) is 6.08 Å². The highest BCUT2D eigenvalue weighted by atomic mass is 32.2. The maximum absolute atomic E-state index is 14.5. The summed E-state index contributed by atoms with van der Waals surface area (Å²) in [6, 6.07) is 8.20. The number of rotatable bonds is 5. The van der Waals surface area contributed by atoms with E-state index in [1.165, 1.54) is 0 Å². The quantitative estimate of drug-likeness (QED) is 0.600. The van der Waals surface area contributed by atoms with Crippen molar-refractivity contribution in [3.8, 4) is 0 Å². The minimum atomic E-state index is -0.904. The van der Waals surface area contributed by atoms with Crippen LogP contribution in [0, 0.1) is 17.8 Å². The smallest absolute Gasteiger partial charge is 0.247 e. The molecule has 4 heterocycles. The Balaban J connectivity index is 1.68. The Hall–Kier alpha value is -2.58. The molecular weight excluding hydrogens is 486 g/mol. The fraction of sp³-hybridized carbons (Fsp3) is 0.552. The van der Waals surface area contributed by atoms with Crippen molar-refractivity contribution in [2.24, 2.45) is 17.8 Å². The molecule has 0 aliphatic carbocycles. The number of carbonyl (C=O) groups excluding carboxylic acids is 3. The van der Waals surface area contributed by atoms with Crippen LogP contribution < -0.4 is 4.90 Å². The monoisotopic (exact) mass is 523 g/mol. The van der Waals surface area contributed by atoms with Crippen LogP contribution in [0.2, 0.25) is 0 Å². The molecule has 2 fully saturated rings. The molecule has 198 valence electrons. The lowest BCUT2D eigenvalue weighted by Gasteiger charge is -2.41. The van der Waals surface area contributed by atoms with E-state index in [4.69, 9.17) is 0 Å². The minimum Gasteiger partial charge on any atom is -0.394 e. The van der Waals surface area contributed by atoms with Gasteiger partial charge in [0.25, 0.3) is 0 Å². The molecule has 4 aliphatic heterocycles. The molecule has 1 unspecified atom stereocenters. The van der Waals surface area contributed by atoms with Gasteiger partial charge >= 0.3 is 0 Å². The van der Waals surface area contributed by atoms with Crippen LogP contribution in [0.1, 0.15) is 34.6 Å². The SMILES string of the molecule is CC(C)[C@H](CO)N1C(=O)[C@@H]2[C@H]3C(=O)N(c4ccccc4)CC=C[C@@]3(C)S[C@@]23C=CCN(C(C)C)C(=O)C13. The molecule has 0 saturated carbocycles. The number of aliphatic hydroxyl groups excluding tert-OH is 1. The van der Waals surface area contributed by atoms with Gasteiger partial charge in [-0.05, 0) is 38.8 Å². The van der Waals surface area contributed by atoms with E-state index in [1.807, 2.05) is 83.2 Å². The zero-order chi connectivity index (χ0) is 26.7. The van der Waals surface area contributed by atoms with Crippen LogP contribution >= 0.6 is 11.8 Å². The van der Waals surface area contributed by atoms with Gasteiger partial charge in [-0.3, -0.25) is 14.4 Å². The molecule has 4 aliphatic rings. The van der Waals surface area contributed by atoms with Crippen LogP contribution in [-0.2, 0) is 14.4 Å². The summed E-state index contributed by atoms with van der Waals surface area (Å²) < 4.78 is -1.56. The number of carbonyl (C=O) groups is 3. The van der Waals surface area contributed by atoms with Crippen molar-refractivity contribution in [3.63, 3.8) is 0 Å². The van der Waals surface area contributed by atoms with Crippen molar-refractivity contribution >= 4 is 35.2 Å². The fourth-order valence-electron chi connectivity index (χ4n) is 6.76. The summed E-state index contributed by atoms with van der Waals surface area (Å²) in [6.45, 7) is 10.5. The molecule has 6 atom stereocenters. The summed E-state index contributed by atoms with van der Waals surface area (Å²) in [5, 5.41) is 10.4. The van der Waals surface area contributed by atoms with Gasteiger partial charge in [-0.15, -0.1) is 11.8 Å². The van der Waals surface area contributed by atoms with Gasteiger partial charge in [0.1, 0.15) is 6.04 Å². The summed E-state index contributed by atoms with van der Waals surface area (Å²) in [5.74, 6) is -1.84. The van der Waals surface area contributed by atoms with Gasteiger partial charge in [-0.25, -0.2) is 0 Å². The van der Waals surface area contributed by atoms with E-state index in [9.17, 15) is 19.5 Å². The first-order valence-corrected chi connectivity index (χ1v) is 14.0. The van der Waals surface area contributed by atoms with Crippen LogP contribution in [0.25, 0.3) is 0 Å². The fourth-order valence-corrected chi connectivity index (χ4v) is 8.90. The third-order valence-electron chi connectivity index (χ3n) is 8.53. The third kappa shape index (κ3) is 3.78. The second kappa shape index (κ2) is 9.31. The lowest BCUT2D eigenvalue weighted by Crippen LogP contribution is -2.58. The van der Waals surface area contributed by atoms with Crippen molar-refractivity contribution in [1.29, 1.82) is 0 Å². The Morgan fingerprint density at radius 3 is 2.24 bits per heavy atom. The third-order valence-corrected chi connectivity index (χ3v) is 10.3. The van der Waals surface area contributed by atoms with E-state index < -0.39 is 33.4 Å². The molecule has 0 aromatic heterocycles. The molecule has 1 aromatic carbocycles. The van der Waals surface area contributed by atoms with Crippen LogP contribution in [0.3, 0.4) is 0 Å². The Labute approximate surface area is 223 Å². The van der Waals surface area contributed by atoms with Crippen LogP contribution in [-0.4, -0.2) is 79.9 Å². The summed E-state index contributed by atoms with van der Waals surface area (Å²) in [4.78, 5) is 48.3. The average Bonchev–Trinajstić information content (AvgIpc) is 3.11. The van der Waals surface area contributed by atoms with Crippen molar-refractivity contribution < 1.29 is 19.5 Å². The van der Waals surface area contributed by atoms with Gasteiger partial charge in [0.2, 0.25) is 17.7 Å². The largest absolute Gasteiger partial charge is 0.394 e. The zero-order valence-electron chi connectivity index (χ0n) is 22.2. The second-order valence-corrected chi connectivity index (χ2v) is 13.2. The molecule has 1 spiro atoms. The molecule has 3 amide bonds. The molecule has 1 N–H and O–H groups in total. The number of likely N-dealkylation sites (tertiary alicyclic amines) is 1. The van der Waals surface area contributed by atoms with E-state index in [1.54, 1.807) is 26.5 Å². The molecule has 8 heteroatoms. The van der Waals surface area contributed by atoms with E-state index in [0.29, 0.717) is 13.1 Å². The highest BCUT2D eigenvalue weighted by Crippen LogP contribution is 2.66. The normalized spacial score (nSPS) is 34.1. The first-order valence-electron chi connectivity index (χ1n) is 13.2. The number of anilines is 1. The van der Waals surface area contributed by atoms with Crippen molar-refractivity contribution in [2.45, 2.75) is 62.2 Å². The van der Waals surface area contributed by atoms with Crippen LogP contribution in [0.4, 0.5) is 5.69 Å². The first-order chi connectivity index (χ1) is 17.6. The van der Waals surface area contributed by atoms with Gasteiger partial charge in [-0.1, -0.05) is 56.4 Å². The summed E-state index contributed by atoms with van der Waals surface area (Å²) in [7, 11) is 0. The maximum atomic E-state index is 14.5. The van der Waals surface area contributed by atoms with Gasteiger partial charge in [0, 0.05) is 29.6 Å². The second-order valence-electron chi connectivity index (χ2n) is 11.4. The predicted octanol–water partition coefficient (Wildman–Crippen LogP) is 3.10. The lowest BCUT2D eigenvalue weighted by molar-refractivity contribution is -0.147. The number of para-hydroxylation sites is 1. The molecular formula is C29H37N3O4S. The van der Waals surface area contributed by atoms with E-state index in [-0.39, 0.29) is 36.3 Å². The van der Waals surface area contributed by atoms with Crippen LogP contribution in [0.15, 0.2) is 54.6 Å². The first kappa shape index (κ1) is 26.0. The number of amides is 3. The van der Waals surface area contributed by atoms with Crippen LogP contribution in [0.5, 0.6) is 0 Å². The average molecular weight is 524 g/mol. The number of hydrogen-bond acceptors (Lipinski definition) is 5. The number of aliphatic hydroxyl groups is 1. The Morgan fingerprint density at radius 1 is 0.946 bits per heavy atom. The lowest BCUT2D eigenvalue weighted by atomic mass is 9.74.